The number of carbonyl (C=O) groups is 3. The summed E-state index contributed by atoms with van der Waals surface area (Å²) in [5.74, 6) is -0.545. The van der Waals surface area contributed by atoms with Crippen molar-refractivity contribution in [3.8, 4) is 0 Å². The Kier molecular flexibility index (Phi) is 8.16. The van der Waals surface area contributed by atoms with Crippen LogP contribution in [-0.2, 0) is 4.79 Å². The molecule has 0 spiro atoms. The normalized spacial score (nSPS) is 16.6. The van der Waals surface area contributed by atoms with Crippen LogP contribution < -0.4 is 16.0 Å². The average molecular weight is 540 g/mol. The van der Waals surface area contributed by atoms with Crippen molar-refractivity contribution in [1.29, 1.82) is 0 Å². The first-order valence-electron chi connectivity index (χ1n) is 14.1. The number of amides is 3. The number of anilines is 1. The SMILES string of the molecule is CCC(NC(=O)c1ccc2c(c1)NC(=O)C2=Cc1[nH]c(C)c(C(=O)NCCN2CCCC2)c1C)c1ccccc1. The van der Waals surface area contributed by atoms with Crippen LogP contribution in [0.15, 0.2) is 48.5 Å². The molecule has 8 heteroatoms. The van der Waals surface area contributed by atoms with E-state index in [1.54, 1.807) is 24.3 Å². The summed E-state index contributed by atoms with van der Waals surface area (Å²) < 4.78 is 0. The highest BCUT2D eigenvalue weighted by Gasteiger charge is 2.27. The lowest BCUT2D eigenvalue weighted by Gasteiger charge is -2.17. The number of aryl methyl sites for hydroxylation is 1. The summed E-state index contributed by atoms with van der Waals surface area (Å²) in [6, 6.07) is 15.0. The molecule has 0 aliphatic carbocycles. The van der Waals surface area contributed by atoms with Gasteiger partial charge in [0.05, 0.1) is 17.2 Å². The van der Waals surface area contributed by atoms with Crippen molar-refractivity contribution in [3.05, 3.63) is 87.7 Å². The number of aromatic amines is 1. The van der Waals surface area contributed by atoms with Gasteiger partial charge in [0.1, 0.15) is 0 Å². The number of likely N-dealkylation sites (tertiary alicyclic amines) is 1. The maximum absolute atomic E-state index is 13.1. The van der Waals surface area contributed by atoms with E-state index in [4.69, 9.17) is 0 Å². The lowest BCUT2D eigenvalue weighted by atomic mass is 10.0. The number of hydrogen-bond donors (Lipinski definition) is 4. The number of H-pyrrole nitrogens is 1. The minimum atomic E-state index is -0.244. The lowest BCUT2D eigenvalue weighted by molar-refractivity contribution is -0.110. The minimum absolute atomic E-state index is 0.0993. The molecule has 1 atom stereocenters. The average Bonchev–Trinajstić information content (AvgIpc) is 3.65. The van der Waals surface area contributed by atoms with Crippen LogP contribution in [0.1, 0.15) is 81.0 Å². The zero-order chi connectivity index (χ0) is 28.2. The van der Waals surface area contributed by atoms with Gasteiger partial charge in [-0.25, -0.2) is 0 Å². The molecule has 4 N–H and O–H groups in total. The summed E-state index contributed by atoms with van der Waals surface area (Å²) in [6.07, 6.45) is 4.99. The highest BCUT2D eigenvalue weighted by molar-refractivity contribution is 6.35. The summed E-state index contributed by atoms with van der Waals surface area (Å²) in [5, 5.41) is 9.04. The molecule has 1 saturated heterocycles. The number of hydrogen-bond acceptors (Lipinski definition) is 4. The first-order chi connectivity index (χ1) is 19.4. The fourth-order valence-corrected chi connectivity index (χ4v) is 5.65. The van der Waals surface area contributed by atoms with E-state index < -0.39 is 0 Å². The molecule has 8 nitrogen and oxygen atoms in total. The van der Waals surface area contributed by atoms with Gasteiger partial charge >= 0.3 is 0 Å². The first kappa shape index (κ1) is 27.4. The Balaban J connectivity index is 1.31. The molecule has 2 aromatic carbocycles. The molecule has 0 radical (unpaired) electrons. The maximum atomic E-state index is 13.1. The predicted octanol–water partition coefficient (Wildman–Crippen LogP) is 4.83. The number of carbonyl (C=O) groups excluding carboxylic acids is 3. The Morgan fingerprint density at radius 3 is 2.52 bits per heavy atom. The van der Waals surface area contributed by atoms with Crippen molar-refractivity contribution < 1.29 is 14.4 Å². The van der Waals surface area contributed by atoms with Gasteiger partial charge in [-0.15, -0.1) is 0 Å². The molecule has 1 fully saturated rings. The van der Waals surface area contributed by atoms with Crippen LogP contribution in [0.25, 0.3) is 11.6 Å². The summed E-state index contributed by atoms with van der Waals surface area (Å²) in [5.41, 5.74) is 6.23. The Bertz CT molecular complexity index is 1450. The number of rotatable bonds is 9. The van der Waals surface area contributed by atoms with Crippen molar-refractivity contribution in [2.24, 2.45) is 0 Å². The number of nitrogens with one attached hydrogen (secondary N) is 4. The molecule has 5 rings (SSSR count). The monoisotopic (exact) mass is 539 g/mol. The van der Waals surface area contributed by atoms with E-state index in [0.717, 1.165) is 54.1 Å². The third-order valence-corrected chi connectivity index (χ3v) is 7.88. The highest BCUT2D eigenvalue weighted by atomic mass is 16.2. The fourth-order valence-electron chi connectivity index (χ4n) is 5.65. The van der Waals surface area contributed by atoms with Crippen LogP contribution in [-0.4, -0.2) is 53.8 Å². The van der Waals surface area contributed by atoms with Crippen LogP contribution in [0.2, 0.25) is 0 Å². The van der Waals surface area contributed by atoms with Crippen molar-refractivity contribution in [2.45, 2.75) is 46.1 Å². The smallest absolute Gasteiger partial charge is 0.256 e. The van der Waals surface area contributed by atoms with Gasteiger partial charge < -0.3 is 25.8 Å². The van der Waals surface area contributed by atoms with E-state index >= 15 is 0 Å². The van der Waals surface area contributed by atoms with Gasteiger partial charge in [-0.1, -0.05) is 43.3 Å². The molecule has 0 bridgehead atoms. The molecule has 1 unspecified atom stereocenters. The van der Waals surface area contributed by atoms with Gasteiger partial charge in [0.2, 0.25) is 0 Å². The molecule has 3 heterocycles. The second kappa shape index (κ2) is 11.9. The standard InChI is InChI=1S/C32H37N5O3/c1-4-26(22-10-6-5-7-11-22)35-30(38)23-12-13-24-25(31(39)36-28(24)18-23)19-27-20(2)29(21(3)34-27)32(40)33-14-17-37-15-8-9-16-37/h5-7,10-13,18-19,26,34H,4,8-9,14-17H2,1-3H3,(H,33,40)(H,35,38)(H,36,39). The van der Waals surface area contributed by atoms with E-state index in [1.807, 2.05) is 51.1 Å². The zero-order valence-corrected chi connectivity index (χ0v) is 23.4. The zero-order valence-electron chi connectivity index (χ0n) is 23.4. The van der Waals surface area contributed by atoms with Crippen molar-refractivity contribution in [1.82, 2.24) is 20.5 Å². The summed E-state index contributed by atoms with van der Waals surface area (Å²) in [6.45, 7) is 9.45. The minimum Gasteiger partial charge on any atom is -0.358 e. The van der Waals surface area contributed by atoms with E-state index in [1.165, 1.54) is 12.8 Å². The Hall–Kier alpha value is -4.17. The summed E-state index contributed by atoms with van der Waals surface area (Å²) in [7, 11) is 0. The van der Waals surface area contributed by atoms with Gasteiger partial charge in [-0.05, 0) is 75.5 Å². The number of aromatic nitrogens is 1. The predicted molar refractivity (Wildman–Crippen MR) is 158 cm³/mol. The van der Waals surface area contributed by atoms with Gasteiger partial charge in [-0.3, -0.25) is 14.4 Å². The molecule has 1 aromatic heterocycles. The first-order valence-corrected chi connectivity index (χ1v) is 14.1. The molecule has 3 aromatic rings. The van der Waals surface area contributed by atoms with Crippen molar-refractivity contribution in [3.63, 3.8) is 0 Å². The van der Waals surface area contributed by atoms with E-state index in [2.05, 4.69) is 25.8 Å². The molecule has 2 aliphatic heterocycles. The molecular weight excluding hydrogens is 502 g/mol. The maximum Gasteiger partial charge on any atom is 0.256 e. The topological polar surface area (TPSA) is 106 Å². The third-order valence-electron chi connectivity index (χ3n) is 7.88. The van der Waals surface area contributed by atoms with E-state index in [-0.39, 0.29) is 23.8 Å². The van der Waals surface area contributed by atoms with Crippen LogP contribution in [0, 0.1) is 13.8 Å². The molecule has 2 aliphatic rings. The second-order valence-electron chi connectivity index (χ2n) is 10.6. The second-order valence-corrected chi connectivity index (χ2v) is 10.6. The molecule has 0 saturated carbocycles. The summed E-state index contributed by atoms with van der Waals surface area (Å²) in [4.78, 5) is 44.6. The van der Waals surface area contributed by atoms with Gasteiger partial charge in [0, 0.05) is 41.3 Å². The van der Waals surface area contributed by atoms with Crippen LogP contribution >= 0.6 is 0 Å². The summed E-state index contributed by atoms with van der Waals surface area (Å²) >= 11 is 0. The number of nitrogens with zero attached hydrogens (tertiary/aromatic N) is 1. The van der Waals surface area contributed by atoms with Crippen molar-refractivity contribution in [2.75, 3.05) is 31.5 Å². The van der Waals surface area contributed by atoms with Crippen LogP contribution in [0.3, 0.4) is 0 Å². The van der Waals surface area contributed by atoms with Crippen LogP contribution in [0.5, 0.6) is 0 Å². The third kappa shape index (κ3) is 5.72. The lowest BCUT2D eigenvalue weighted by Crippen LogP contribution is -2.33. The Labute approximate surface area is 235 Å². The Morgan fingerprint density at radius 2 is 1.80 bits per heavy atom. The number of fused-ring (bicyclic) bond motifs is 1. The molecule has 208 valence electrons. The molecular formula is C32H37N5O3. The molecule has 3 amide bonds. The van der Waals surface area contributed by atoms with E-state index in [9.17, 15) is 14.4 Å². The van der Waals surface area contributed by atoms with E-state index in [0.29, 0.717) is 28.9 Å². The van der Waals surface area contributed by atoms with Crippen LogP contribution in [0.4, 0.5) is 5.69 Å². The molecule has 40 heavy (non-hydrogen) atoms. The van der Waals surface area contributed by atoms with Crippen molar-refractivity contribution >= 4 is 35.1 Å². The van der Waals surface area contributed by atoms with Gasteiger partial charge in [0.15, 0.2) is 0 Å². The fraction of sp³-hybridized carbons (Fsp3) is 0.344. The largest absolute Gasteiger partial charge is 0.358 e. The van der Waals surface area contributed by atoms with Gasteiger partial charge in [-0.2, -0.15) is 0 Å². The Morgan fingerprint density at radius 1 is 1.05 bits per heavy atom. The highest BCUT2D eigenvalue weighted by Crippen LogP contribution is 2.35. The number of benzene rings is 2. The quantitative estimate of drug-likeness (QED) is 0.292. The van der Waals surface area contributed by atoms with Gasteiger partial charge in [0.25, 0.3) is 17.7 Å².